The topological polar surface area (TPSA) is 76.9 Å². The zero-order valence-corrected chi connectivity index (χ0v) is 14.6. The first-order valence-electron chi connectivity index (χ1n) is 7.02. The minimum absolute atomic E-state index is 0.0681. The maximum absolute atomic E-state index is 11.6. The Morgan fingerprint density at radius 2 is 1.75 bits per heavy atom. The Morgan fingerprint density at radius 3 is 2.33 bits per heavy atom. The van der Waals surface area contributed by atoms with Gasteiger partial charge in [-0.1, -0.05) is 51.8 Å². The maximum Gasteiger partial charge on any atom is 0.199 e. The predicted octanol–water partition coefficient (Wildman–Crippen LogP) is 5.03. The van der Waals surface area contributed by atoms with Crippen molar-refractivity contribution >= 4 is 39.5 Å². The van der Waals surface area contributed by atoms with Crippen LogP contribution < -0.4 is 0 Å². The Kier molecular flexibility index (Phi) is 4.55. The van der Waals surface area contributed by atoms with Crippen LogP contribution in [0.4, 0.5) is 0 Å². The van der Waals surface area contributed by atoms with Gasteiger partial charge in [0.15, 0.2) is 12.2 Å². The number of rotatable bonds is 4. The number of H-pyrrole nitrogens is 1. The Hall–Kier alpha value is -2.37. The van der Waals surface area contributed by atoms with Crippen LogP contribution in [0.5, 0.6) is 5.88 Å². The van der Waals surface area contributed by atoms with Gasteiger partial charge in [0.05, 0.1) is 22.5 Å². The van der Waals surface area contributed by atoms with E-state index in [1.165, 1.54) is 0 Å². The molecule has 6 heteroatoms. The van der Waals surface area contributed by atoms with Gasteiger partial charge in [-0.25, -0.2) is 0 Å². The summed E-state index contributed by atoms with van der Waals surface area (Å²) in [5, 5.41) is 19.2. The summed E-state index contributed by atoms with van der Waals surface area (Å²) in [4.78, 5) is 14.4. The first kappa shape index (κ1) is 16.5. The molecule has 3 N–H and O–H groups in total. The number of carbonyl (C=O) groups excluding carboxylic acids is 1. The normalized spacial score (nSPS) is 10.6. The van der Waals surface area contributed by atoms with Gasteiger partial charge in [-0.05, 0) is 29.8 Å². The van der Waals surface area contributed by atoms with Crippen LogP contribution in [0, 0.1) is 5.41 Å². The van der Waals surface area contributed by atoms with E-state index in [4.69, 9.17) is 17.0 Å². The van der Waals surface area contributed by atoms with Crippen molar-refractivity contribution in [2.24, 2.45) is 0 Å². The van der Waals surface area contributed by atoms with E-state index < -0.39 is 0 Å². The number of aromatic hydroxyl groups is 1. The zero-order chi connectivity index (χ0) is 17.3. The van der Waals surface area contributed by atoms with Crippen LogP contribution in [0.1, 0.15) is 21.5 Å². The lowest BCUT2D eigenvalue weighted by atomic mass is 9.98. The number of hydrogen-bond donors (Lipinski definition) is 3. The van der Waals surface area contributed by atoms with Gasteiger partial charge >= 0.3 is 0 Å². The number of aldehydes is 1. The molecule has 3 aromatic rings. The van der Waals surface area contributed by atoms with Gasteiger partial charge in [0.1, 0.15) is 0 Å². The number of halogens is 2. The highest BCUT2D eigenvalue weighted by Crippen LogP contribution is 2.33. The maximum atomic E-state index is 11.6. The van der Waals surface area contributed by atoms with Crippen molar-refractivity contribution in [3.8, 4) is 17.1 Å². The number of aromatic nitrogens is 1. The molecule has 0 bridgehead atoms. The molecule has 1 aromatic heterocycles. The standard InChI is InChI=1S/C18H12BrClN2O2/c19-12-5-1-10(2-6-12)16(21)15-14(9-23)17(22-18(15)24)11-3-7-13(20)8-4-11/h1-9,21-22,24H. The largest absolute Gasteiger partial charge is 0.494 e. The average Bonchev–Trinajstić information content (AvgIpc) is 2.92. The average molecular weight is 404 g/mol. The summed E-state index contributed by atoms with van der Waals surface area (Å²) < 4.78 is 0.884. The number of carbonyl (C=O) groups is 1. The smallest absolute Gasteiger partial charge is 0.199 e. The van der Waals surface area contributed by atoms with Crippen LogP contribution in [-0.4, -0.2) is 22.1 Å². The quantitative estimate of drug-likeness (QED) is 0.422. The van der Waals surface area contributed by atoms with Crippen molar-refractivity contribution in [3.63, 3.8) is 0 Å². The zero-order valence-electron chi connectivity index (χ0n) is 12.3. The molecule has 1 heterocycles. The SMILES string of the molecule is N=C(c1ccc(Br)cc1)c1c(O)[nH]c(-c2ccc(Cl)cc2)c1C=O. The molecule has 0 saturated heterocycles. The highest BCUT2D eigenvalue weighted by molar-refractivity contribution is 9.10. The second kappa shape index (κ2) is 6.63. The van der Waals surface area contributed by atoms with Crippen LogP contribution in [0.25, 0.3) is 11.3 Å². The fraction of sp³-hybridized carbons (Fsp3) is 0. The highest BCUT2D eigenvalue weighted by Gasteiger charge is 2.22. The third-order valence-corrected chi connectivity index (χ3v) is 4.43. The fourth-order valence-electron chi connectivity index (χ4n) is 2.48. The summed E-state index contributed by atoms with van der Waals surface area (Å²) in [6, 6.07) is 14.0. The fourth-order valence-corrected chi connectivity index (χ4v) is 2.87. The summed E-state index contributed by atoms with van der Waals surface area (Å²) in [7, 11) is 0. The van der Waals surface area contributed by atoms with Crippen LogP contribution in [0.3, 0.4) is 0 Å². The molecule has 4 nitrogen and oxygen atoms in total. The number of aromatic amines is 1. The Labute approximate surface area is 151 Å². The van der Waals surface area contributed by atoms with E-state index in [1.807, 2.05) is 0 Å². The minimum Gasteiger partial charge on any atom is -0.494 e. The van der Waals surface area contributed by atoms with Crippen LogP contribution in [-0.2, 0) is 0 Å². The molecule has 0 saturated carbocycles. The number of nitrogens with one attached hydrogen (secondary N) is 2. The van der Waals surface area contributed by atoms with E-state index in [2.05, 4.69) is 20.9 Å². The molecule has 0 unspecified atom stereocenters. The van der Waals surface area contributed by atoms with Gasteiger partial charge in [0, 0.05) is 15.1 Å². The molecule has 0 radical (unpaired) electrons. The molecule has 0 aliphatic rings. The van der Waals surface area contributed by atoms with Crippen molar-refractivity contribution in [2.75, 3.05) is 0 Å². The van der Waals surface area contributed by atoms with E-state index in [1.54, 1.807) is 48.5 Å². The van der Waals surface area contributed by atoms with Gasteiger partial charge < -0.3 is 10.1 Å². The summed E-state index contributed by atoms with van der Waals surface area (Å²) >= 11 is 9.23. The van der Waals surface area contributed by atoms with Crippen molar-refractivity contribution < 1.29 is 9.90 Å². The van der Waals surface area contributed by atoms with E-state index in [9.17, 15) is 9.90 Å². The molecule has 0 fully saturated rings. The van der Waals surface area contributed by atoms with Crippen molar-refractivity contribution in [3.05, 3.63) is 74.7 Å². The van der Waals surface area contributed by atoms with Gasteiger partial charge in [-0.15, -0.1) is 0 Å². The molecule has 0 amide bonds. The minimum atomic E-state index is -0.213. The first-order valence-corrected chi connectivity index (χ1v) is 8.19. The summed E-state index contributed by atoms with van der Waals surface area (Å²) in [5.41, 5.74) is 2.24. The number of hydrogen-bond acceptors (Lipinski definition) is 3. The molecule has 0 spiro atoms. The van der Waals surface area contributed by atoms with Crippen LogP contribution >= 0.6 is 27.5 Å². The molecular formula is C18H12BrClN2O2. The van der Waals surface area contributed by atoms with Gasteiger partial charge in [0.2, 0.25) is 0 Å². The summed E-state index contributed by atoms with van der Waals surface area (Å²) in [6.07, 6.45) is 0.642. The van der Waals surface area contributed by atoms with E-state index in [-0.39, 0.29) is 22.7 Å². The third-order valence-electron chi connectivity index (χ3n) is 3.65. The lowest BCUT2D eigenvalue weighted by Crippen LogP contribution is -2.03. The monoisotopic (exact) mass is 402 g/mol. The predicted molar refractivity (Wildman–Crippen MR) is 98.4 cm³/mol. The summed E-state index contributed by atoms with van der Waals surface area (Å²) in [6.45, 7) is 0. The third kappa shape index (κ3) is 3.00. The van der Waals surface area contributed by atoms with Crippen molar-refractivity contribution in [2.45, 2.75) is 0 Å². The Morgan fingerprint density at radius 1 is 1.12 bits per heavy atom. The molecule has 0 atom stereocenters. The molecule has 0 aliphatic heterocycles. The summed E-state index contributed by atoms with van der Waals surface area (Å²) in [5.74, 6) is -0.213. The van der Waals surface area contributed by atoms with Gasteiger partial charge in [-0.3, -0.25) is 10.2 Å². The van der Waals surface area contributed by atoms with Crippen molar-refractivity contribution in [1.29, 1.82) is 5.41 Å². The van der Waals surface area contributed by atoms with E-state index in [0.717, 1.165) is 4.47 Å². The molecule has 0 aliphatic carbocycles. The van der Waals surface area contributed by atoms with Crippen LogP contribution in [0.2, 0.25) is 5.02 Å². The van der Waals surface area contributed by atoms with Gasteiger partial charge in [0.25, 0.3) is 0 Å². The number of benzene rings is 2. The molecular weight excluding hydrogens is 392 g/mol. The lowest BCUT2D eigenvalue weighted by molar-refractivity contribution is 0.112. The Balaban J connectivity index is 2.12. The highest BCUT2D eigenvalue weighted by atomic mass is 79.9. The van der Waals surface area contributed by atoms with E-state index in [0.29, 0.717) is 28.1 Å². The second-order valence-electron chi connectivity index (χ2n) is 5.14. The van der Waals surface area contributed by atoms with Gasteiger partial charge in [-0.2, -0.15) is 0 Å². The lowest BCUT2D eigenvalue weighted by Gasteiger charge is -2.05. The second-order valence-corrected chi connectivity index (χ2v) is 6.50. The first-order chi connectivity index (χ1) is 11.5. The molecule has 2 aromatic carbocycles. The van der Waals surface area contributed by atoms with Crippen molar-refractivity contribution in [1.82, 2.24) is 4.98 Å². The molecule has 24 heavy (non-hydrogen) atoms. The Bertz CT molecular complexity index is 915. The molecule has 120 valence electrons. The van der Waals surface area contributed by atoms with E-state index >= 15 is 0 Å². The van der Waals surface area contributed by atoms with Crippen LogP contribution in [0.15, 0.2) is 53.0 Å². The molecule has 3 rings (SSSR count).